The van der Waals surface area contributed by atoms with Crippen LogP contribution in [0.1, 0.15) is 32.6 Å². The first kappa shape index (κ1) is 10.9. The molecule has 2 aliphatic heterocycles. The Morgan fingerprint density at radius 3 is 3.00 bits per heavy atom. The van der Waals surface area contributed by atoms with Gasteiger partial charge in [0.1, 0.15) is 0 Å². The van der Waals surface area contributed by atoms with Crippen LogP contribution in [0.25, 0.3) is 0 Å². The number of carbonyl (C=O) groups excluding carboxylic acids is 1. The summed E-state index contributed by atoms with van der Waals surface area (Å²) in [5.41, 5.74) is 5.54. The minimum absolute atomic E-state index is 0.00792. The molecule has 2 unspecified atom stereocenters. The highest BCUT2D eigenvalue weighted by Crippen LogP contribution is 2.26. The monoisotopic (exact) mass is 211 g/mol. The number of carbonyl (C=O) groups is 1. The summed E-state index contributed by atoms with van der Waals surface area (Å²) in [5.74, 6) is -0.00792. The van der Waals surface area contributed by atoms with Gasteiger partial charge < -0.3 is 16.0 Å². The van der Waals surface area contributed by atoms with Gasteiger partial charge in [-0.15, -0.1) is 0 Å². The fourth-order valence-corrected chi connectivity index (χ4v) is 2.69. The smallest absolute Gasteiger partial charge is 0.236 e. The molecule has 2 saturated heterocycles. The Morgan fingerprint density at radius 2 is 2.27 bits per heavy atom. The molecule has 0 saturated carbocycles. The van der Waals surface area contributed by atoms with Crippen molar-refractivity contribution in [2.75, 3.05) is 13.1 Å². The number of nitrogens with one attached hydrogen (secondary N) is 1. The van der Waals surface area contributed by atoms with Crippen molar-refractivity contribution in [3.63, 3.8) is 0 Å². The molecule has 4 heteroatoms. The maximum absolute atomic E-state index is 11.5. The fourth-order valence-electron chi connectivity index (χ4n) is 2.69. The van der Waals surface area contributed by atoms with Crippen molar-refractivity contribution < 1.29 is 4.79 Å². The molecule has 0 aromatic heterocycles. The first-order valence-corrected chi connectivity index (χ1v) is 5.97. The van der Waals surface area contributed by atoms with Gasteiger partial charge in [0, 0.05) is 18.6 Å². The van der Waals surface area contributed by atoms with Crippen molar-refractivity contribution in [1.82, 2.24) is 10.2 Å². The van der Waals surface area contributed by atoms with Crippen LogP contribution < -0.4 is 11.1 Å². The number of amides is 1. The number of hydrogen-bond acceptors (Lipinski definition) is 3. The highest BCUT2D eigenvalue weighted by atomic mass is 16.2. The second kappa shape index (κ2) is 4.49. The van der Waals surface area contributed by atoms with Crippen LogP contribution in [0, 0.1) is 0 Å². The van der Waals surface area contributed by atoms with Gasteiger partial charge in [-0.05, 0) is 39.2 Å². The summed E-state index contributed by atoms with van der Waals surface area (Å²) in [4.78, 5) is 14.0. The average molecular weight is 211 g/mol. The molecular weight excluding hydrogens is 190 g/mol. The molecule has 0 radical (unpaired) electrons. The molecule has 2 aliphatic rings. The van der Waals surface area contributed by atoms with Gasteiger partial charge in [0.05, 0.1) is 6.04 Å². The van der Waals surface area contributed by atoms with E-state index in [-0.39, 0.29) is 11.9 Å². The Bertz CT molecular complexity index is 242. The lowest BCUT2D eigenvalue weighted by molar-refractivity contribution is -0.123. The first-order valence-electron chi connectivity index (χ1n) is 5.97. The van der Waals surface area contributed by atoms with E-state index < -0.39 is 0 Å². The molecule has 2 heterocycles. The molecule has 86 valence electrons. The molecule has 0 spiro atoms. The van der Waals surface area contributed by atoms with Crippen LogP contribution in [0.3, 0.4) is 0 Å². The lowest BCUT2D eigenvalue weighted by Crippen LogP contribution is -2.50. The second-order valence-electron chi connectivity index (χ2n) is 4.85. The van der Waals surface area contributed by atoms with Gasteiger partial charge in [0.25, 0.3) is 0 Å². The molecule has 0 aromatic carbocycles. The molecule has 3 N–H and O–H groups in total. The summed E-state index contributed by atoms with van der Waals surface area (Å²) in [6.45, 7) is 4.12. The van der Waals surface area contributed by atoms with Gasteiger partial charge in [-0.1, -0.05) is 0 Å². The van der Waals surface area contributed by atoms with E-state index in [2.05, 4.69) is 10.2 Å². The zero-order valence-corrected chi connectivity index (χ0v) is 9.41. The highest BCUT2D eigenvalue weighted by Gasteiger charge is 2.32. The molecule has 3 atom stereocenters. The number of hydrogen-bond donors (Lipinski definition) is 2. The third-order valence-electron chi connectivity index (χ3n) is 3.58. The number of nitrogens with zero attached hydrogens (tertiary/aromatic N) is 1. The summed E-state index contributed by atoms with van der Waals surface area (Å²) in [6, 6.07) is 0.673. The Morgan fingerprint density at radius 1 is 1.47 bits per heavy atom. The Balaban J connectivity index is 1.82. The Labute approximate surface area is 91.2 Å². The van der Waals surface area contributed by atoms with Crippen LogP contribution in [0.5, 0.6) is 0 Å². The molecule has 15 heavy (non-hydrogen) atoms. The van der Waals surface area contributed by atoms with Gasteiger partial charge in [-0.2, -0.15) is 0 Å². The molecule has 2 fully saturated rings. The molecule has 1 amide bonds. The SMILES string of the molecule is C[C@@H](N)C(=O)NC1CCN2CCCC2C1. The largest absolute Gasteiger partial charge is 0.352 e. The predicted molar refractivity (Wildman–Crippen MR) is 59.4 cm³/mol. The third-order valence-corrected chi connectivity index (χ3v) is 3.58. The first-order chi connectivity index (χ1) is 7.16. The van der Waals surface area contributed by atoms with Gasteiger partial charge in [0.15, 0.2) is 0 Å². The van der Waals surface area contributed by atoms with Crippen molar-refractivity contribution in [2.24, 2.45) is 5.73 Å². The van der Waals surface area contributed by atoms with E-state index >= 15 is 0 Å². The highest BCUT2D eigenvalue weighted by molar-refractivity contribution is 5.81. The molecule has 0 bridgehead atoms. The van der Waals surface area contributed by atoms with Crippen molar-refractivity contribution in [3.05, 3.63) is 0 Å². The summed E-state index contributed by atoms with van der Waals surface area (Å²) in [5, 5.41) is 3.04. The van der Waals surface area contributed by atoms with Crippen molar-refractivity contribution >= 4 is 5.91 Å². The van der Waals surface area contributed by atoms with Crippen molar-refractivity contribution in [2.45, 2.75) is 50.7 Å². The topological polar surface area (TPSA) is 58.4 Å². The predicted octanol–water partition coefficient (Wildman–Crippen LogP) is 0.0766. The van der Waals surface area contributed by atoms with Crippen LogP contribution >= 0.6 is 0 Å². The summed E-state index contributed by atoms with van der Waals surface area (Å²) in [7, 11) is 0. The third kappa shape index (κ3) is 2.49. The quantitative estimate of drug-likeness (QED) is 0.680. The van der Waals surface area contributed by atoms with Crippen LogP contribution in [0.2, 0.25) is 0 Å². The Kier molecular flexibility index (Phi) is 3.26. The molecule has 0 aromatic rings. The Hall–Kier alpha value is -0.610. The van der Waals surface area contributed by atoms with E-state index in [1.54, 1.807) is 6.92 Å². The van der Waals surface area contributed by atoms with E-state index in [9.17, 15) is 4.79 Å². The maximum atomic E-state index is 11.5. The number of fused-ring (bicyclic) bond motifs is 1. The number of piperidine rings is 1. The standard InChI is InChI=1S/C11H21N3O/c1-8(12)11(15)13-9-4-6-14-5-2-3-10(14)7-9/h8-10H,2-7,12H2,1H3,(H,13,15)/t8-,9?,10?/m1/s1. The van der Waals surface area contributed by atoms with Crippen molar-refractivity contribution in [1.29, 1.82) is 0 Å². The van der Waals surface area contributed by atoms with E-state index in [0.29, 0.717) is 12.1 Å². The minimum atomic E-state index is -0.383. The second-order valence-corrected chi connectivity index (χ2v) is 4.85. The van der Waals surface area contributed by atoms with E-state index in [4.69, 9.17) is 5.73 Å². The van der Waals surface area contributed by atoms with Crippen LogP contribution in [-0.2, 0) is 4.79 Å². The fraction of sp³-hybridized carbons (Fsp3) is 0.909. The molecular formula is C11H21N3O. The van der Waals surface area contributed by atoms with Crippen molar-refractivity contribution in [3.8, 4) is 0 Å². The lowest BCUT2D eigenvalue weighted by atomic mass is 9.97. The molecule has 2 rings (SSSR count). The summed E-state index contributed by atoms with van der Waals surface area (Å²) < 4.78 is 0. The minimum Gasteiger partial charge on any atom is -0.352 e. The maximum Gasteiger partial charge on any atom is 0.236 e. The van der Waals surface area contributed by atoms with Gasteiger partial charge in [-0.3, -0.25) is 4.79 Å². The van der Waals surface area contributed by atoms with Gasteiger partial charge in [-0.25, -0.2) is 0 Å². The van der Waals surface area contributed by atoms with E-state index in [1.165, 1.54) is 19.4 Å². The molecule has 0 aliphatic carbocycles. The van der Waals surface area contributed by atoms with Crippen LogP contribution in [0.15, 0.2) is 0 Å². The lowest BCUT2D eigenvalue weighted by Gasteiger charge is -2.35. The average Bonchev–Trinajstić information content (AvgIpc) is 2.64. The van der Waals surface area contributed by atoms with E-state index in [1.807, 2.05) is 0 Å². The van der Waals surface area contributed by atoms with Gasteiger partial charge >= 0.3 is 0 Å². The number of rotatable bonds is 2. The summed E-state index contributed by atoms with van der Waals surface area (Å²) >= 11 is 0. The van der Waals surface area contributed by atoms with E-state index in [0.717, 1.165) is 19.4 Å². The number of nitrogens with two attached hydrogens (primary N) is 1. The van der Waals surface area contributed by atoms with Gasteiger partial charge in [0.2, 0.25) is 5.91 Å². The zero-order valence-electron chi connectivity index (χ0n) is 9.41. The normalized spacial score (nSPS) is 33.5. The summed E-state index contributed by atoms with van der Waals surface area (Å²) in [6.07, 6.45) is 4.80. The zero-order chi connectivity index (χ0) is 10.8. The van der Waals surface area contributed by atoms with Crippen LogP contribution in [-0.4, -0.2) is 42.0 Å². The molecule has 4 nitrogen and oxygen atoms in total. The van der Waals surface area contributed by atoms with Crippen LogP contribution in [0.4, 0.5) is 0 Å².